The third kappa shape index (κ3) is 8.74. The Balaban J connectivity index is 0.00000312. The van der Waals surface area contributed by atoms with E-state index in [0.29, 0.717) is 26.3 Å². The van der Waals surface area contributed by atoms with Gasteiger partial charge in [-0.3, -0.25) is 0 Å². The molecule has 0 spiro atoms. The van der Waals surface area contributed by atoms with E-state index in [9.17, 15) is 5.11 Å². The van der Waals surface area contributed by atoms with E-state index in [2.05, 4.69) is 15.6 Å². The van der Waals surface area contributed by atoms with Gasteiger partial charge in [0, 0.05) is 13.1 Å². The Labute approximate surface area is 166 Å². The zero-order valence-electron chi connectivity index (χ0n) is 14.4. The number of aromatic hydroxyl groups is 1. The summed E-state index contributed by atoms with van der Waals surface area (Å²) in [7, 11) is 0. The summed E-state index contributed by atoms with van der Waals surface area (Å²) < 4.78 is 5.65. The molecule has 0 heterocycles. The summed E-state index contributed by atoms with van der Waals surface area (Å²) in [6, 6.07) is 17.2. The lowest BCUT2D eigenvalue weighted by Gasteiger charge is -2.11. The fourth-order valence-electron chi connectivity index (χ4n) is 2.17. The monoisotopic (exact) mass is 455 g/mol. The van der Waals surface area contributed by atoms with Crippen LogP contribution in [0.2, 0.25) is 0 Å². The highest BCUT2D eigenvalue weighted by Crippen LogP contribution is 2.11. The third-order valence-electron chi connectivity index (χ3n) is 3.32. The Kier molecular flexibility index (Phi) is 10.7. The van der Waals surface area contributed by atoms with Gasteiger partial charge in [-0.15, -0.1) is 24.0 Å². The molecule has 0 aliphatic carbocycles. The standard InChI is InChI=1S/C19H25N3O2.HI/c1-2-20-19(22-14-17-9-6-10-18(23)13-17)21-11-12-24-15-16-7-4-3-5-8-16;/h3-10,13,23H,2,11-12,14-15H2,1H3,(H2,20,21,22);1H. The second kappa shape index (κ2) is 12.5. The van der Waals surface area contributed by atoms with Crippen LogP contribution in [0.5, 0.6) is 5.75 Å². The lowest BCUT2D eigenvalue weighted by molar-refractivity contribution is 0.125. The second-order valence-corrected chi connectivity index (χ2v) is 5.33. The number of halogens is 1. The maximum atomic E-state index is 9.48. The summed E-state index contributed by atoms with van der Waals surface area (Å²) >= 11 is 0. The molecule has 5 nitrogen and oxygen atoms in total. The number of ether oxygens (including phenoxy) is 1. The molecule has 0 aliphatic rings. The highest BCUT2D eigenvalue weighted by atomic mass is 127. The van der Waals surface area contributed by atoms with Crippen molar-refractivity contribution in [1.29, 1.82) is 0 Å². The minimum atomic E-state index is 0. The predicted octanol–water partition coefficient (Wildman–Crippen LogP) is 3.28. The molecule has 0 saturated heterocycles. The van der Waals surface area contributed by atoms with Crippen LogP contribution in [0.1, 0.15) is 18.1 Å². The Hall–Kier alpha value is -1.80. The molecular formula is C19H26IN3O2. The molecule has 0 aromatic heterocycles. The van der Waals surface area contributed by atoms with Crippen molar-refractivity contribution in [3.05, 3.63) is 65.7 Å². The first kappa shape index (κ1) is 21.2. The number of benzene rings is 2. The molecule has 2 rings (SSSR count). The molecule has 2 aromatic rings. The molecule has 136 valence electrons. The van der Waals surface area contributed by atoms with Crippen molar-refractivity contribution in [1.82, 2.24) is 10.6 Å². The topological polar surface area (TPSA) is 65.9 Å². The van der Waals surface area contributed by atoms with Crippen LogP contribution in [0, 0.1) is 0 Å². The summed E-state index contributed by atoms with van der Waals surface area (Å²) in [5.41, 5.74) is 2.13. The van der Waals surface area contributed by atoms with Crippen LogP contribution in [0.25, 0.3) is 0 Å². The fourth-order valence-corrected chi connectivity index (χ4v) is 2.17. The van der Waals surface area contributed by atoms with Gasteiger partial charge in [0.2, 0.25) is 0 Å². The maximum Gasteiger partial charge on any atom is 0.191 e. The maximum absolute atomic E-state index is 9.48. The van der Waals surface area contributed by atoms with Gasteiger partial charge in [0.1, 0.15) is 5.75 Å². The van der Waals surface area contributed by atoms with Crippen LogP contribution in [0.4, 0.5) is 0 Å². The van der Waals surface area contributed by atoms with Crippen LogP contribution >= 0.6 is 24.0 Å². The van der Waals surface area contributed by atoms with Crippen LogP contribution < -0.4 is 10.6 Å². The molecule has 0 saturated carbocycles. The first-order valence-corrected chi connectivity index (χ1v) is 8.19. The summed E-state index contributed by atoms with van der Waals surface area (Å²) in [6.45, 7) is 5.21. The highest BCUT2D eigenvalue weighted by Gasteiger charge is 1.99. The Morgan fingerprint density at radius 3 is 2.52 bits per heavy atom. The van der Waals surface area contributed by atoms with Crippen LogP contribution in [-0.4, -0.2) is 30.8 Å². The number of guanidine groups is 1. The van der Waals surface area contributed by atoms with Gasteiger partial charge in [-0.05, 0) is 30.2 Å². The number of hydrogen-bond acceptors (Lipinski definition) is 3. The van der Waals surface area contributed by atoms with Gasteiger partial charge in [-0.1, -0.05) is 42.5 Å². The van der Waals surface area contributed by atoms with Crippen LogP contribution in [0.3, 0.4) is 0 Å². The normalized spacial score (nSPS) is 10.8. The minimum Gasteiger partial charge on any atom is -0.508 e. The zero-order valence-corrected chi connectivity index (χ0v) is 16.8. The number of hydrogen-bond donors (Lipinski definition) is 3. The number of nitrogens with zero attached hydrogens (tertiary/aromatic N) is 1. The Bertz CT molecular complexity index is 636. The number of rotatable bonds is 8. The van der Waals surface area contributed by atoms with Crippen molar-refractivity contribution in [2.45, 2.75) is 20.1 Å². The van der Waals surface area contributed by atoms with E-state index in [-0.39, 0.29) is 29.7 Å². The van der Waals surface area contributed by atoms with E-state index < -0.39 is 0 Å². The molecular weight excluding hydrogens is 429 g/mol. The van der Waals surface area contributed by atoms with Gasteiger partial charge in [0.05, 0.1) is 19.8 Å². The van der Waals surface area contributed by atoms with Crippen molar-refractivity contribution in [2.24, 2.45) is 4.99 Å². The molecule has 6 heteroatoms. The van der Waals surface area contributed by atoms with Crippen LogP contribution in [-0.2, 0) is 17.9 Å². The molecule has 0 fully saturated rings. The molecule has 25 heavy (non-hydrogen) atoms. The number of nitrogens with one attached hydrogen (secondary N) is 2. The quantitative estimate of drug-likeness (QED) is 0.248. The van der Waals surface area contributed by atoms with Gasteiger partial charge >= 0.3 is 0 Å². The Morgan fingerprint density at radius 1 is 1.04 bits per heavy atom. The van der Waals surface area contributed by atoms with Gasteiger partial charge < -0.3 is 20.5 Å². The summed E-state index contributed by atoms with van der Waals surface area (Å²) in [6.07, 6.45) is 0. The SMILES string of the molecule is CCNC(=NCc1cccc(O)c1)NCCOCc1ccccc1.I. The Morgan fingerprint density at radius 2 is 1.80 bits per heavy atom. The van der Waals surface area contributed by atoms with E-state index in [1.54, 1.807) is 12.1 Å². The smallest absolute Gasteiger partial charge is 0.191 e. The summed E-state index contributed by atoms with van der Waals surface area (Å²) in [4.78, 5) is 4.51. The van der Waals surface area contributed by atoms with E-state index in [0.717, 1.165) is 18.1 Å². The number of aliphatic imine (C=N–C) groups is 1. The molecule has 2 aromatic carbocycles. The third-order valence-corrected chi connectivity index (χ3v) is 3.32. The number of phenolic OH excluding ortho intramolecular Hbond substituents is 1. The van der Waals surface area contributed by atoms with E-state index in [1.807, 2.05) is 49.4 Å². The highest BCUT2D eigenvalue weighted by molar-refractivity contribution is 14.0. The van der Waals surface area contributed by atoms with Gasteiger partial charge in [0.25, 0.3) is 0 Å². The minimum absolute atomic E-state index is 0. The average molecular weight is 455 g/mol. The van der Waals surface area contributed by atoms with Gasteiger partial charge in [0.15, 0.2) is 5.96 Å². The van der Waals surface area contributed by atoms with E-state index in [1.165, 1.54) is 5.56 Å². The molecule has 0 atom stereocenters. The molecule has 3 N–H and O–H groups in total. The number of phenols is 1. The summed E-state index contributed by atoms with van der Waals surface area (Å²) in [5, 5.41) is 15.9. The van der Waals surface area contributed by atoms with Crippen molar-refractivity contribution < 1.29 is 9.84 Å². The molecule has 0 unspecified atom stereocenters. The van der Waals surface area contributed by atoms with E-state index in [4.69, 9.17) is 4.74 Å². The molecule has 0 radical (unpaired) electrons. The van der Waals surface area contributed by atoms with Crippen molar-refractivity contribution in [3.8, 4) is 5.75 Å². The molecule has 0 bridgehead atoms. The van der Waals surface area contributed by atoms with Crippen molar-refractivity contribution in [2.75, 3.05) is 19.7 Å². The largest absolute Gasteiger partial charge is 0.508 e. The first-order valence-electron chi connectivity index (χ1n) is 8.19. The van der Waals surface area contributed by atoms with Crippen molar-refractivity contribution in [3.63, 3.8) is 0 Å². The second-order valence-electron chi connectivity index (χ2n) is 5.33. The zero-order chi connectivity index (χ0) is 17.0. The lowest BCUT2D eigenvalue weighted by Crippen LogP contribution is -2.38. The van der Waals surface area contributed by atoms with Crippen LogP contribution in [0.15, 0.2) is 59.6 Å². The van der Waals surface area contributed by atoms with Gasteiger partial charge in [-0.2, -0.15) is 0 Å². The van der Waals surface area contributed by atoms with Crippen molar-refractivity contribution >= 4 is 29.9 Å². The molecule has 0 aliphatic heterocycles. The fraction of sp³-hybridized carbons (Fsp3) is 0.316. The molecule has 0 amide bonds. The predicted molar refractivity (Wildman–Crippen MR) is 112 cm³/mol. The average Bonchev–Trinajstić information content (AvgIpc) is 2.60. The lowest BCUT2D eigenvalue weighted by atomic mass is 10.2. The summed E-state index contributed by atoms with van der Waals surface area (Å²) in [5.74, 6) is 0.999. The van der Waals surface area contributed by atoms with Gasteiger partial charge in [-0.25, -0.2) is 4.99 Å². The van der Waals surface area contributed by atoms with E-state index >= 15 is 0 Å². The first-order chi connectivity index (χ1) is 11.8.